The van der Waals surface area contributed by atoms with E-state index in [-0.39, 0.29) is 0 Å². The quantitative estimate of drug-likeness (QED) is 0.784. The van der Waals surface area contributed by atoms with Gasteiger partial charge in [-0.1, -0.05) is 26.5 Å². The van der Waals surface area contributed by atoms with Crippen molar-refractivity contribution in [3.63, 3.8) is 0 Å². The normalized spacial score (nSPS) is 21.8. The van der Waals surface area contributed by atoms with E-state index in [2.05, 4.69) is 32.8 Å². The molecule has 0 spiro atoms. The Morgan fingerprint density at radius 1 is 1.21 bits per heavy atom. The first-order valence-corrected chi connectivity index (χ1v) is 7.36. The molecule has 0 unspecified atom stereocenters. The van der Waals surface area contributed by atoms with E-state index in [9.17, 15) is 0 Å². The SMILES string of the molecule is C=C/C=N\C(=C/C)N1CCN(C2CNC2)CC1.CC. The predicted octanol–water partition coefficient (Wildman–Crippen LogP) is 1.72. The third-order valence-corrected chi connectivity index (χ3v) is 3.48. The van der Waals surface area contributed by atoms with E-state index in [4.69, 9.17) is 0 Å². The Morgan fingerprint density at radius 3 is 2.26 bits per heavy atom. The highest BCUT2D eigenvalue weighted by Crippen LogP contribution is 2.14. The Bertz CT molecular complexity index is 310. The van der Waals surface area contributed by atoms with Crippen LogP contribution in [0.3, 0.4) is 0 Å². The van der Waals surface area contributed by atoms with Gasteiger partial charge in [0.15, 0.2) is 0 Å². The van der Waals surface area contributed by atoms with Gasteiger partial charge in [-0.2, -0.15) is 0 Å². The molecule has 0 aromatic heterocycles. The van der Waals surface area contributed by atoms with E-state index in [1.807, 2.05) is 20.8 Å². The second-order valence-corrected chi connectivity index (χ2v) is 4.50. The molecule has 0 aliphatic carbocycles. The Morgan fingerprint density at radius 2 is 1.84 bits per heavy atom. The second kappa shape index (κ2) is 8.88. The molecule has 0 amide bonds. The summed E-state index contributed by atoms with van der Waals surface area (Å²) in [7, 11) is 0. The van der Waals surface area contributed by atoms with E-state index in [0.717, 1.165) is 51.1 Å². The van der Waals surface area contributed by atoms with Crippen molar-refractivity contribution in [1.29, 1.82) is 0 Å². The molecule has 2 heterocycles. The maximum atomic E-state index is 4.40. The average Bonchev–Trinajstić information content (AvgIpc) is 2.42. The van der Waals surface area contributed by atoms with Crippen molar-refractivity contribution in [3.05, 3.63) is 24.6 Å². The molecule has 0 saturated carbocycles. The van der Waals surface area contributed by atoms with Gasteiger partial charge in [-0.05, 0) is 13.0 Å². The van der Waals surface area contributed by atoms with Crippen LogP contribution in [0.15, 0.2) is 29.5 Å². The highest BCUT2D eigenvalue weighted by Gasteiger charge is 2.27. The zero-order valence-corrected chi connectivity index (χ0v) is 12.6. The van der Waals surface area contributed by atoms with Crippen LogP contribution in [0, 0.1) is 0 Å². The van der Waals surface area contributed by atoms with Crippen molar-refractivity contribution in [2.24, 2.45) is 4.99 Å². The minimum atomic E-state index is 0.767. The molecule has 2 aliphatic rings. The number of piperazine rings is 1. The van der Waals surface area contributed by atoms with Gasteiger partial charge in [0, 0.05) is 51.5 Å². The zero-order valence-electron chi connectivity index (χ0n) is 12.6. The minimum absolute atomic E-state index is 0.767. The van der Waals surface area contributed by atoms with Crippen LogP contribution >= 0.6 is 0 Å². The van der Waals surface area contributed by atoms with Crippen molar-refractivity contribution in [2.45, 2.75) is 26.8 Å². The lowest BCUT2D eigenvalue weighted by molar-refractivity contribution is 0.0868. The fourth-order valence-corrected chi connectivity index (χ4v) is 2.32. The van der Waals surface area contributed by atoms with Crippen molar-refractivity contribution in [3.8, 4) is 0 Å². The summed E-state index contributed by atoms with van der Waals surface area (Å²) in [6.07, 6.45) is 5.55. The fraction of sp³-hybridized carbons (Fsp3) is 0.667. The molecule has 0 radical (unpaired) electrons. The van der Waals surface area contributed by atoms with Crippen molar-refractivity contribution in [2.75, 3.05) is 39.3 Å². The van der Waals surface area contributed by atoms with E-state index in [0.29, 0.717) is 0 Å². The highest BCUT2D eigenvalue weighted by atomic mass is 15.3. The van der Waals surface area contributed by atoms with Crippen LogP contribution in [0.2, 0.25) is 0 Å². The molecule has 2 rings (SSSR count). The van der Waals surface area contributed by atoms with Crippen LogP contribution in [-0.4, -0.2) is 61.3 Å². The Hall–Kier alpha value is -1.13. The van der Waals surface area contributed by atoms with Gasteiger partial charge in [0.2, 0.25) is 0 Å². The number of rotatable bonds is 4. The molecule has 4 nitrogen and oxygen atoms in total. The summed E-state index contributed by atoms with van der Waals surface area (Å²) in [5, 5.41) is 3.33. The number of aliphatic imine (C=N–C) groups is 1. The summed E-state index contributed by atoms with van der Waals surface area (Å²) >= 11 is 0. The van der Waals surface area contributed by atoms with Gasteiger partial charge in [0.25, 0.3) is 0 Å². The first kappa shape index (κ1) is 15.9. The zero-order chi connectivity index (χ0) is 14.1. The Balaban J connectivity index is 0.000000861. The molecule has 4 heteroatoms. The topological polar surface area (TPSA) is 30.9 Å². The average molecular weight is 264 g/mol. The number of hydrogen-bond donors (Lipinski definition) is 1. The van der Waals surface area contributed by atoms with Crippen molar-refractivity contribution < 1.29 is 0 Å². The molecule has 2 aliphatic heterocycles. The van der Waals surface area contributed by atoms with Crippen LogP contribution in [0.5, 0.6) is 0 Å². The lowest BCUT2D eigenvalue weighted by atomic mass is 10.1. The Labute approximate surface area is 117 Å². The lowest BCUT2D eigenvalue weighted by Gasteiger charge is -2.43. The molecule has 0 atom stereocenters. The smallest absolute Gasteiger partial charge is 0.124 e. The maximum absolute atomic E-state index is 4.40. The van der Waals surface area contributed by atoms with Gasteiger partial charge in [-0.3, -0.25) is 4.90 Å². The molecular formula is C15H28N4. The number of allylic oxidation sites excluding steroid dienone is 2. The summed E-state index contributed by atoms with van der Waals surface area (Å²) in [5.74, 6) is 1.07. The van der Waals surface area contributed by atoms with Crippen LogP contribution in [0.1, 0.15) is 20.8 Å². The van der Waals surface area contributed by atoms with Crippen molar-refractivity contribution >= 4 is 6.21 Å². The second-order valence-electron chi connectivity index (χ2n) is 4.50. The molecule has 2 fully saturated rings. The van der Waals surface area contributed by atoms with Gasteiger partial charge in [0.05, 0.1) is 0 Å². The molecule has 1 N–H and O–H groups in total. The summed E-state index contributed by atoms with van der Waals surface area (Å²) in [5.41, 5.74) is 0. The summed E-state index contributed by atoms with van der Waals surface area (Å²) in [6, 6.07) is 0.767. The van der Waals surface area contributed by atoms with Crippen LogP contribution in [0.25, 0.3) is 0 Å². The Kier molecular flexibility index (Phi) is 7.45. The first-order chi connectivity index (χ1) is 9.35. The summed E-state index contributed by atoms with van der Waals surface area (Å²) < 4.78 is 0. The number of hydrogen-bond acceptors (Lipinski definition) is 4. The third kappa shape index (κ3) is 4.48. The first-order valence-electron chi connectivity index (χ1n) is 7.36. The standard InChI is InChI=1S/C13H22N4.C2H6/c1-3-5-15-13(4-2)17-8-6-16(7-9-17)12-10-14-11-12;1-2/h3-5,12,14H,1,6-11H2,2H3;1-2H3/b13-4+,15-5-;. The van der Waals surface area contributed by atoms with E-state index < -0.39 is 0 Å². The monoisotopic (exact) mass is 264 g/mol. The predicted molar refractivity (Wildman–Crippen MR) is 83.6 cm³/mol. The van der Waals surface area contributed by atoms with Gasteiger partial charge >= 0.3 is 0 Å². The molecule has 0 bridgehead atoms. The van der Waals surface area contributed by atoms with Gasteiger partial charge in [0.1, 0.15) is 5.82 Å². The molecule has 19 heavy (non-hydrogen) atoms. The summed E-state index contributed by atoms with van der Waals surface area (Å²) in [4.78, 5) is 9.33. The lowest BCUT2D eigenvalue weighted by Crippen LogP contribution is -2.61. The molecule has 108 valence electrons. The van der Waals surface area contributed by atoms with E-state index >= 15 is 0 Å². The molecular weight excluding hydrogens is 236 g/mol. The van der Waals surface area contributed by atoms with E-state index in [1.165, 1.54) is 0 Å². The van der Waals surface area contributed by atoms with Gasteiger partial charge < -0.3 is 10.2 Å². The van der Waals surface area contributed by atoms with Crippen LogP contribution in [0.4, 0.5) is 0 Å². The highest BCUT2D eigenvalue weighted by molar-refractivity contribution is 5.71. The van der Waals surface area contributed by atoms with Crippen LogP contribution < -0.4 is 5.32 Å². The molecule has 0 aromatic carbocycles. The fourth-order valence-electron chi connectivity index (χ4n) is 2.32. The molecule has 0 aromatic rings. The molecule has 2 saturated heterocycles. The summed E-state index contributed by atoms with van der Waals surface area (Å²) in [6.45, 7) is 16.5. The van der Waals surface area contributed by atoms with Crippen LogP contribution in [-0.2, 0) is 0 Å². The number of nitrogens with one attached hydrogen (secondary N) is 1. The number of nitrogens with zero attached hydrogens (tertiary/aromatic N) is 3. The van der Waals surface area contributed by atoms with Crippen molar-refractivity contribution in [1.82, 2.24) is 15.1 Å². The van der Waals surface area contributed by atoms with Gasteiger partial charge in [-0.25, -0.2) is 4.99 Å². The van der Waals surface area contributed by atoms with Gasteiger partial charge in [-0.15, -0.1) is 0 Å². The minimum Gasteiger partial charge on any atom is -0.354 e. The van der Waals surface area contributed by atoms with E-state index in [1.54, 1.807) is 12.3 Å². The third-order valence-electron chi connectivity index (χ3n) is 3.48. The maximum Gasteiger partial charge on any atom is 0.124 e. The largest absolute Gasteiger partial charge is 0.354 e.